The Hall–Kier alpha value is -0.790. The Morgan fingerprint density at radius 1 is 1.53 bits per heavy atom. The zero-order valence-corrected chi connectivity index (χ0v) is 10.4. The largest absolute Gasteiger partial charge is 0.481 e. The summed E-state index contributed by atoms with van der Waals surface area (Å²) in [5.74, 6) is -0.446. The number of rotatable bonds is 7. The van der Waals surface area contributed by atoms with Crippen molar-refractivity contribution in [3.05, 3.63) is 12.7 Å². The van der Waals surface area contributed by atoms with Crippen LogP contribution in [0.4, 0.5) is 0 Å². The molecule has 2 nitrogen and oxygen atoms in total. The molecule has 0 rings (SSSR count). The molecule has 0 saturated heterocycles. The quantitative estimate of drug-likeness (QED) is 0.653. The Kier molecular flexibility index (Phi) is 5.63. The van der Waals surface area contributed by atoms with Crippen molar-refractivity contribution in [1.29, 1.82) is 0 Å². The summed E-state index contributed by atoms with van der Waals surface area (Å²) in [6.45, 7) is 11.9. The van der Waals surface area contributed by atoms with Crippen LogP contribution < -0.4 is 0 Å². The van der Waals surface area contributed by atoms with Crippen molar-refractivity contribution in [1.82, 2.24) is 0 Å². The molecule has 88 valence electrons. The minimum Gasteiger partial charge on any atom is -0.481 e. The minimum absolute atomic E-state index is 0.127. The third-order valence-corrected chi connectivity index (χ3v) is 3.30. The molecule has 0 radical (unpaired) electrons. The SMILES string of the molecule is C=CC(C)CCC(C)(C)C(CC)C(=O)O. The maximum Gasteiger partial charge on any atom is 0.307 e. The first kappa shape index (κ1) is 14.2. The zero-order valence-electron chi connectivity index (χ0n) is 10.4. The maximum absolute atomic E-state index is 11.1. The molecule has 0 aromatic rings. The van der Waals surface area contributed by atoms with Gasteiger partial charge in [-0.25, -0.2) is 0 Å². The van der Waals surface area contributed by atoms with Crippen LogP contribution in [0, 0.1) is 17.3 Å². The van der Waals surface area contributed by atoms with Gasteiger partial charge in [0.25, 0.3) is 0 Å². The lowest BCUT2D eigenvalue weighted by Gasteiger charge is -2.31. The van der Waals surface area contributed by atoms with E-state index in [1.54, 1.807) is 0 Å². The molecule has 15 heavy (non-hydrogen) atoms. The summed E-state index contributed by atoms with van der Waals surface area (Å²) in [5, 5.41) is 9.11. The van der Waals surface area contributed by atoms with Crippen molar-refractivity contribution in [2.75, 3.05) is 0 Å². The van der Waals surface area contributed by atoms with Gasteiger partial charge in [0.1, 0.15) is 0 Å². The zero-order chi connectivity index (χ0) is 12.1. The van der Waals surface area contributed by atoms with Crippen molar-refractivity contribution in [3.63, 3.8) is 0 Å². The van der Waals surface area contributed by atoms with Gasteiger partial charge in [-0.15, -0.1) is 6.58 Å². The first-order chi connectivity index (χ1) is 6.85. The van der Waals surface area contributed by atoms with Gasteiger partial charge < -0.3 is 5.11 Å². The summed E-state index contributed by atoms with van der Waals surface area (Å²) in [6.07, 6.45) is 4.58. The van der Waals surface area contributed by atoms with E-state index in [2.05, 4.69) is 13.5 Å². The fourth-order valence-electron chi connectivity index (χ4n) is 1.95. The molecule has 0 saturated carbocycles. The van der Waals surface area contributed by atoms with Crippen LogP contribution in [0.15, 0.2) is 12.7 Å². The van der Waals surface area contributed by atoms with Crippen molar-refractivity contribution in [2.45, 2.75) is 47.0 Å². The first-order valence-corrected chi connectivity index (χ1v) is 5.70. The number of hydrogen-bond acceptors (Lipinski definition) is 1. The molecule has 0 fully saturated rings. The second kappa shape index (κ2) is 5.94. The molecule has 0 spiro atoms. The molecule has 1 N–H and O–H groups in total. The predicted molar refractivity (Wildman–Crippen MR) is 63.8 cm³/mol. The molecular formula is C13H24O2. The van der Waals surface area contributed by atoms with E-state index in [0.717, 1.165) is 12.8 Å². The van der Waals surface area contributed by atoms with E-state index in [9.17, 15) is 4.79 Å². The van der Waals surface area contributed by atoms with E-state index < -0.39 is 5.97 Å². The minimum atomic E-state index is -0.672. The van der Waals surface area contributed by atoms with Crippen molar-refractivity contribution >= 4 is 5.97 Å². The molecule has 2 unspecified atom stereocenters. The highest BCUT2D eigenvalue weighted by atomic mass is 16.4. The summed E-state index contributed by atoms with van der Waals surface area (Å²) >= 11 is 0. The lowest BCUT2D eigenvalue weighted by Crippen LogP contribution is -2.30. The second-order valence-corrected chi connectivity index (χ2v) is 5.04. The highest BCUT2D eigenvalue weighted by molar-refractivity contribution is 5.70. The van der Waals surface area contributed by atoms with Crippen molar-refractivity contribution < 1.29 is 9.90 Å². The summed E-state index contributed by atoms with van der Waals surface area (Å²) < 4.78 is 0. The summed E-state index contributed by atoms with van der Waals surface area (Å²) in [6, 6.07) is 0. The molecular weight excluding hydrogens is 188 g/mol. The molecule has 0 aromatic carbocycles. The molecule has 0 aliphatic rings. The van der Waals surface area contributed by atoms with Gasteiger partial charge in [0.15, 0.2) is 0 Å². The molecule has 0 aromatic heterocycles. The standard InChI is InChI=1S/C13H24O2/c1-6-10(3)8-9-13(4,5)11(7-2)12(14)15/h6,10-11H,1,7-9H2,2-5H3,(H,14,15). The van der Waals surface area contributed by atoms with Gasteiger partial charge in [-0.3, -0.25) is 4.79 Å². The second-order valence-electron chi connectivity index (χ2n) is 5.04. The van der Waals surface area contributed by atoms with Gasteiger partial charge in [-0.05, 0) is 30.6 Å². The Balaban J connectivity index is 4.37. The van der Waals surface area contributed by atoms with Crippen LogP contribution in [-0.2, 0) is 4.79 Å². The van der Waals surface area contributed by atoms with Gasteiger partial charge in [-0.1, -0.05) is 33.8 Å². The number of allylic oxidation sites excluding steroid dienone is 1. The van der Waals surface area contributed by atoms with E-state index in [1.807, 2.05) is 26.8 Å². The summed E-state index contributed by atoms with van der Waals surface area (Å²) in [5.41, 5.74) is -0.127. The number of carboxylic acids is 1. The molecule has 0 aliphatic heterocycles. The Labute approximate surface area is 93.4 Å². The highest BCUT2D eigenvalue weighted by Crippen LogP contribution is 2.35. The van der Waals surface area contributed by atoms with Gasteiger partial charge in [0.05, 0.1) is 5.92 Å². The Bertz CT molecular complexity index is 219. The number of hydrogen-bond donors (Lipinski definition) is 1. The fourth-order valence-corrected chi connectivity index (χ4v) is 1.95. The van der Waals surface area contributed by atoms with Crippen LogP contribution in [0.25, 0.3) is 0 Å². The van der Waals surface area contributed by atoms with E-state index in [0.29, 0.717) is 12.3 Å². The Morgan fingerprint density at radius 3 is 2.40 bits per heavy atom. The maximum atomic E-state index is 11.1. The van der Waals surface area contributed by atoms with Gasteiger partial charge in [0, 0.05) is 0 Å². The van der Waals surface area contributed by atoms with Gasteiger partial charge in [-0.2, -0.15) is 0 Å². The molecule has 2 atom stereocenters. The lowest BCUT2D eigenvalue weighted by atomic mass is 9.73. The van der Waals surface area contributed by atoms with Crippen molar-refractivity contribution in [3.8, 4) is 0 Å². The molecule has 2 heteroatoms. The molecule has 0 bridgehead atoms. The predicted octanol–water partition coefficient (Wildman–Crippen LogP) is 3.73. The summed E-state index contributed by atoms with van der Waals surface area (Å²) in [7, 11) is 0. The topological polar surface area (TPSA) is 37.3 Å². The first-order valence-electron chi connectivity index (χ1n) is 5.70. The monoisotopic (exact) mass is 212 g/mol. The fraction of sp³-hybridized carbons (Fsp3) is 0.769. The van der Waals surface area contributed by atoms with Crippen LogP contribution in [0.3, 0.4) is 0 Å². The number of carbonyl (C=O) groups is 1. The van der Waals surface area contributed by atoms with Crippen LogP contribution in [0.5, 0.6) is 0 Å². The van der Waals surface area contributed by atoms with Crippen LogP contribution in [-0.4, -0.2) is 11.1 Å². The average molecular weight is 212 g/mol. The molecule has 0 aliphatic carbocycles. The Morgan fingerprint density at radius 2 is 2.07 bits per heavy atom. The van der Waals surface area contributed by atoms with E-state index in [1.165, 1.54) is 0 Å². The highest BCUT2D eigenvalue weighted by Gasteiger charge is 2.33. The average Bonchev–Trinajstić information content (AvgIpc) is 2.14. The smallest absolute Gasteiger partial charge is 0.307 e. The number of aliphatic carboxylic acids is 1. The lowest BCUT2D eigenvalue weighted by molar-refractivity contribution is -0.146. The normalized spacial score (nSPS) is 15.7. The van der Waals surface area contributed by atoms with E-state index in [4.69, 9.17) is 5.11 Å². The molecule has 0 heterocycles. The third kappa shape index (κ3) is 4.50. The number of carboxylic acid groups (broad SMARTS) is 1. The van der Waals surface area contributed by atoms with Crippen LogP contribution >= 0.6 is 0 Å². The van der Waals surface area contributed by atoms with Crippen LogP contribution in [0.1, 0.15) is 47.0 Å². The van der Waals surface area contributed by atoms with E-state index >= 15 is 0 Å². The van der Waals surface area contributed by atoms with E-state index in [-0.39, 0.29) is 11.3 Å². The summed E-state index contributed by atoms with van der Waals surface area (Å²) in [4.78, 5) is 11.1. The molecule has 0 amide bonds. The van der Waals surface area contributed by atoms with Crippen molar-refractivity contribution in [2.24, 2.45) is 17.3 Å². The van der Waals surface area contributed by atoms with Gasteiger partial charge in [0.2, 0.25) is 0 Å². The van der Waals surface area contributed by atoms with Crippen LogP contribution in [0.2, 0.25) is 0 Å². The third-order valence-electron chi connectivity index (χ3n) is 3.30. The van der Waals surface area contributed by atoms with Gasteiger partial charge >= 0.3 is 5.97 Å².